The van der Waals surface area contributed by atoms with Gasteiger partial charge in [0.2, 0.25) is 17.7 Å². The second-order valence-electron chi connectivity index (χ2n) is 10.4. The van der Waals surface area contributed by atoms with Gasteiger partial charge in [-0.1, -0.05) is 12.7 Å². The van der Waals surface area contributed by atoms with Crippen molar-refractivity contribution in [3.63, 3.8) is 0 Å². The fourth-order valence-corrected chi connectivity index (χ4v) is 4.33. The lowest BCUT2D eigenvalue weighted by Crippen LogP contribution is -2.60. The van der Waals surface area contributed by atoms with E-state index in [0.717, 1.165) is 6.07 Å². The molecular formula is C28H39N5O11. The number of nitrogens with zero attached hydrogens (tertiary/aromatic N) is 2. The minimum absolute atomic E-state index is 0.0110. The molecule has 0 radical (unpaired) electrons. The minimum atomic E-state index is -1.43. The molecular weight excluding hydrogens is 582 g/mol. The summed E-state index contributed by atoms with van der Waals surface area (Å²) in [6.07, 6.45) is 1.74. The van der Waals surface area contributed by atoms with Crippen LogP contribution in [-0.2, 0) is 35.3 Å². The Labute approximate surface area is 254 Å². The molecule has 1 aromatic rings. The van der Waals surface area contributed by atoms with Gasteiger partial charge in [-0.25, -0.2) is 9.59 Å². The first-order valence-corrected chi connectivity index (χ1v) is 13.8. The fourth-order valence-electron chi connectivity index (χ4n) is 4.33. The number of benzene rings is 1. The summed E-state index contributed by atoms with van der Waals surface area (Å²) < 4.78 is 20.9. The van der Waals surface area contributed by atoms with Gasteiger partial charge < -0.3 is 40.2 Å². The molecule has 1 aliphatic heterocycles. The Kier molecular flexibility index (Phi) is 12.9. The molecule has 242 valence electrons. The maximum atomic E-state index is 13.2. The van der Waals surface area contributed by atoms with E-state index in [1.54, 1.807) is 0 Å². The number of likely N-dealkylation sites (tertiary alicyclic amines) is 1. The molecule has 44 heavy (non-hydrogen) atoms. The second kappa shape index (κ2) is 16.1. The van der Waals surface area contributed by atoms with Crippen molar-refractivity contribution in [2.75, 3.05) is 26.9 Å². The molecule has 1 fully saturated rings. The number of carbonyl (C=O) groups excluding carboxylic acids is 5. The van der Waals surface area contributed by atoms with Crippen molar-refractivity contribution >= 4 is 35.5 Å². The molecule has 0 saturated carbocycles. The summed E-state index contributed by atoms with van der Waals surface area (Å²) in [5.41, 5.74) is 3.24. The van der Waals surface area contributed by atoms with E-state index in [1.807, 2.05) is 0 Å². The van der Waals surface area contributed by atoms with Crippen LogP contribution in [0.4, 0.5) is 10.5 Å². The maximum Gasteiger partial charge on any atom is 0.408 e. The number of hydrogen-bond acceptors (Lipinski definition) is 11. The molecule has 0 aromatic heterocycles. The first kappa shape index (κ1) is 35.3. The molecule has 0 aliphatic carbocycles. The third-order valence-electron chi connectivity index (χ3n) is 6.57. The van der Waals surface area contributed by atoms with Gasteiger partial charge in [0.1, 0.15) is 30.8 Å². The van der Waals surface area contributed by atoms with Crippen molar-refractivity contribution in [1.29, 1.82) is 0 Å². The Balaban J connectivity index is 2.00. The highest BCUT2D eigenvalue weighted by atomic mass is 16.6. The molecule has 16 nitrogen and oxygen atoms in total. The lowest BCUT2D eigenvalue weighted by molar-refractivity contribution is -0.385. The van der Waals surface area contributed by atoms with Gasteiger partial charge in [0, 0.05) is 13.0 Å². The van der Waals surface area contributed by atoms with Crippen LogP contribution in [0.3, 0.4) is 0 Å². The summed E-state index contributed by atoms with van der Waals surface area (Å²) in [6, 6.07) is 0.438. The number of nitrogens with one attached hydrogen (secondary N) is 2. The molecule has 16 heteroatoms. The largest absolute Gasteiger partial charge is 0.493 e. The van der Waals surface area contributed by atoms with Gasteiger partial charge in [-0.15, -0.1) is 0 Å². The number of esters is 1. The Hall–Kier alpha value is -4.89. The maximum absolute atomic E-state index is 13.2. The van der Waals surface area contributed by atoms with Gasteiger partial charge in [0.25, 0.3) is 5.69 Å². The fraction of sp³-hybridized carbons (Fsp3) is 0.536. The smallest absolute Gasteiger partial charge is 0.408 e. The molecule has 2 atom stereocenters. The molecule has 4 amide bonds. The van der Waals surface area contributed by atoms with E-state index in [9.17, 15) is 34.1 Å². The van der Waals surface area contributed by atoms with Gasteiger partial charge in [-0.2, -0.15) is 0 Å². The first-order valence-electron chi connectivity index (χ1n) is 13.8. The van der Waals surface area contributed by atoms with Crippen LogP contribution in [-0.4, -0.2) is 84.1 Å². The predicted molar refractivity (Wildman–Crippen MR) is 154 cm³/mol. The topological polar surface area (TPSA) is 219 Å². The highest BCUT2D eigenvalue weighted by molar-refractivity contribution is 5.95. The Morgan fingerprint density at radius 3 is 2.55 bits per heavy atom. The second-order valence-corrected chi connectivity index (χ2v) is 10.4. The van der Waals surface area contributed by atoms with Crippen LogP contribution in [0.15, 0.2) is 24.8 Å². The number of alkyl carbamates (subject to hydrolysis) is 1. The first-order chi connectivity index (χ1) is 20.7. The van der Waals surface area contributed by atoms with Crippen molar-refractivity contribution in [3.8, 4) is 11.5 Å². The van der Waals surface area contributed by atoms with E-state index in [1.165, 1.54) is 44.9 Å². The Morgan fingerprint density at radius 1 is 1.23 bits per heavy atom. The quantitative estimate of drug-likeness (QED) is 0.0789. The normalized spacial score (nSPS) is 15.0. The summed E-state index contributed by atoms with van der Waals surface area (Å²) in [6.45, 7) is 7.63. The number of ether oxygens (including phenoxy) is 4. The number of primary amides is 1. The van der Waals surface area contributed by atoms with Crippen molar-refractivity contribution in [2.45, 2.75) is 70.7 Å². The summed E-state index contributed by atoms with van der Waals surface area (Å²) in [7, 11) is 1.32. The monoisotopic (exact) mass is 621 g/mol. The molecule has 1 heterocycles. The van der Waals surface area contributed by atoms with E-state index >= 15 is 0 Å². The van der Waals surface area contributed by atoms with E-state index in [4.69, 9.17) is 24.7 Å². The molecule has 0 bridgehead atoms. The zero-order valence-electron chi connectivity index (χ0n) is 25.2. The SMILES string of the molecule is C=CCOC(=O)[C@@H]1CCCN1C(=O)C(C)(C)NC(=O)[C@H](C)NC(=O)OCc1cc(OC)c(OCCCC(N)=O)cc1[N+](=O)[O-]. The molecule has 2 rings (SSSR count). The van der Waals surface area contributed by atoms with Crippen LogP contribution < -0.4 is 25.8 Å². The van der Waals surface area contributed by atoms with Crippen LogP contribution in [0, 0.1) is 10.1 Å². The van der Waals surface area contributed by atoms with Crippen LogP contribution in [0.1, 0.15) is 52.0 Å². The van der Waals surface area contributed by atoms with Gasteiger partial charge in [0.15, 0.2) is 11.5 Å². The number of carbonyl (C=O) groups is 5. The van der Waals surface area contributed by atoms with Gasteiger partial charge in [-0.3, -0.25) is 24.5 Å². The Bertz CT molecular complexity index is 1270. The van der Waals surface area contributed by atoms with E-state index in [-0.39, 0.29) is 43.1 Å². The number of rotatable bonds is 16. The van der Waals surface area contributed by atoms with Crippen molar-refractivity contribution in [1.82, 2.24) is 15.5 Å². The van der Waals surface area contributed by atoms with Crippen molar-refractivity contribution < 1.29 is 47.8 Å². The van der Waals surface area contributed by atoms with Crippen molar-refractivity contribution in [3.05, 3.63) is 40.5 Å². The third-order valence-corrected chi connectivity index (χ3v) is 6.57. The molecule has 1 saturated heterocycles. The molecule has 0 unspecified atom stereocenters. The highest BCUT2D eigenvalue weighted by Crippen LogP contribution is 2.35. The number of nitro groups is 1. The lowest BCUT2D eigenvalue weighted by atomic mass is 10.0. The molecule has 0 spiro atoms. The average Bonchev–Trinajstić information content (AvgIpc) is 3.46. The molecule has 1 aliphatic rings. The lowest BCUT2D eigenvalue weighted by Gasteiger charge is -2.33. The van der Waals surface area contributed by atoms with E-state index < -0.39 is 64.6 Å². The van der Waals surface area contributed by atoms with Crippen LogP contribution in [0.25, 0.3) is 0 Å². The zero-order chi connectivity index (χ0) is 33.0. The average molecular weight is 622 g/mol. The van der Waals surface area contributed by atoms with E-state index in [0.29, 0.717) is 19.4 Å². The molecule has 1 aromatic carbocycles. The number of hydrogen-bond donors (Lipinski definition) is 3. The van der Waals surface area contributed by atoms with E-state index in [2.05, 4.69) is 17.2 Å². The van der Waals surface area contributed by atoms with Gasteiger partial charge in [0.05, 0.1) is 30.3 Å². The number of nitrogens with two attached hydrogens (primary N) is 1. The standard InChI is InChI=1S/C28H39N5O11/c1-6-12-43-25(36)19-9-7-11-32(19)26(37)28(3,4)31-24(35)17(2)30-27(38)44-16-18-14-21(41-5)22(15-20(18)33(39)40)42-13-8-10-23(29)34/h6,14-15,17,19H,1,7-13,16H2,2-5H3,(H2,29,34)(H,30,38)(H,31,35)/t17-,19-/m0/s1. The number of nitro benzene ring substituents is 1. The molecule has 4 N–H and O–H groups in total. The van der Waals surface area contributed by atoms with Crippen molar-refractivity contribution in [2.24, 2.45) is 5.73 Å². The third kappa shape index (κ3) is 9.84. The summed E-state index contributed by atoms with van der Waals surface area (Å²) in [4.78, 5) is 74.2. The number of methoxy groups -OCH3 is 1. The van der Waals surface area contributed by atoms with Crippen LogP contribution in [0.5, 0.6) is 11.5 Å². The Morgan fingerprint density at radius 2 is 1.93 bits per heavy atom. The summed E-state index contributed by atoms with van der Waals surface area (Å²) >= 11 is 0. The van der Waals surface area contributed by atoms with Crippen LogP contribution >= 0.6 is 0 Å². The number of amides is 4. The minimum Gasteiger partial charge on any atom is -0.493 e. The zero-order valence-corrected chi connectivity index (χ0v) is 25.2. The summed E-state index contributed by atoms with van der Waals surface area (Å²) in [5.74, 6) is -2.11. The van der Waals surface area contributed by atoms with Gasteiger partial charge in [-0.05, 0) is 46.1 Å². The van der Waals surface area contributed by atoms with Gasteiger partial charge >= 0.3 is 12.1 Å². The highest BCUT2D eigenvalue weighted by Gasteiger charge is 2.42. The summed E-state index contributed by atoms with van der Waals surface area (Å²) in [5, 5.41) is 16.6. The predicted octanol–water partition coefficient (Wildman–Crippen LogP) is 1.48. The van der Waals surface area contributed by atoms with Crippen LogP contribution in [0.2, 0.25) is 0 Å².